The first-order chi connectivity index (χ1) is 13.5. The lowest BCUT2D eigenvalue weighted by molar-refractivity contribution is -0.134. The molecule has 1 atom stereocenters. The SMILES string of the molecule is Cc1cccnc1CNC(=O)CC1C(=O)NCCN1Cc1c(F)cccc1Cl. The van der Waals surface area contributed by atoms with Crippen LogP contribution in [0.25, 0.3) is 0 Å². The molecular formula is C20H22ClFN4O2. The van der Waals surface area contributed by atoms with Crippen LogP contribution >= 0.6 is 11.6 Å². The second-order valence-corrected chi connectivity index (χ2v) is 7.13. The van der Waals surface area contributed by atoms with Gasteiger partial charge in [0.2, 0.25) is 11.8 Å². The van der Waals surface area contributed by atoms with Crippen molar-refractivity contribution in [1.82, 2.24) is 20.5 Å². The molecule has 148 valence electrons. The molecule has 0 spiro atoms. The molecular weight excluding hydrogens is 383 g/mol. The second-order valence-electron chi connectivity index (χ2n) is 6.73. The first-order valence-corrected chi connectivity index (χ1v) is 9.45. The molecule has 0 saturated carbocycles. The number of rotatable bonds is 6. The number of amides is 2. The van der Waals surface area contributed by atoms with Crippen molar-refractivity contribution in [3.05, 3.63) is 64.2 Å². The number of benzene rings is 1. The van der Waals surface area contributed by atoms with E-state index in [4.69, 9.17) is 11.6 Å². The molecule has 0 radical (unpaired) electrons. The fourth-order valence-corrected chi connectivity index (χ4v) is 3.42. The molecule has 1 saturated heterocycles. The Labute approximate surface area is 168 Å². The van der Waals surface area contributed by atoms with Gasteiger partial charge in [-0.05, 0) is 30.7 Å². The highest BCUT2D eigenvalue weighted by molar-refractivity contribution is 6.31. The van der Waals surface area contributed by atoms with Crippen molar-refractivity contribution in [1.29, 1.82) is 0 Å². The number of carbonyl (C=O) groups excluding carboxylic acids is 2. The van der Waals surface area contributed by atoms with Crippen molar-refractivity contribution in [3.8, 4) is 0 Å². The smallest absolute Gasteiger partial charge is 0.237 e. The number of aryl methyl sites for hydroxylation is 1. The maximum atomic E-state index is 14.1. The number of aromatic nitrogens is 1. The van der Waals surface area contributed by atoms with E-state index in [1.54, 1.807) is 17.2 Å². The Morgan fingerprint density at radius 1 is 1.39 bits per heavy atom. The number of carbonyl (C=O) groups is 2. The summed E-state index contributed by atoms with van der Waals surface area (Å²) in [6, 6.07) is 7.55. The number of hydrogen-bond acceptors (Lipinski definition) is 4. The van der Waals surface area contributed by atoms with E-state index in [2.05, 4.69) is 15.6 Å². The van der Waals surface area contributed by atoms with Gasteiger partial charge in [-0.2, -0.15) is 0 Å². The Balaban J connectivity index is 1.66. The molecule has 1 unspecified atom stereocenters. The van der Waals surface area contributed by atoms with E-state index in [1.807, 2.05) is 19.1 Å². The number of nitrogens with one attached hydrogen (secondary N) is 2. The molecule has 1 aromatic carbocycles. The normalized spacial score (nSPS) is 17.2. The summed E-state index contributed by atoms with van der Waals surface area (Å²) in [5.74, 6) is -0.938. The van der Waals surface area contributed by atoms with E-state index in [1.165, 1.54) is 12.1 Å². The van der Waals surface area contributed by atoms with Gasteiger partial charge in [0.05, 0.1) is 24.7 Å². The van der Waals surface area contributed by atoms with Crippen molar-refractivity contribution < 1.29 is 14.0 Å². The van der Waals surface area contributed by atoms with Crippen LogP contribution in [0.4, 0.5) is 4.39 Å². The van der Waals surface area contributed by atoms with E-state index >= 15 is 0 Å². The Morgan fingerprint density at radius 2 is 2.21 bits per heavy atom. The van der Waals surface area contributed by atoms with Crippen LogP contribution in [0.1, 0.15) is 23.2 Å². The third kappa shape index (κ3) is 4.85. The molecule has 2 heterocycles. The van der Waals surface area contributed by atoms with Gasteiger partial charge in [-0.15, -0.1) is 0 Å². The van der Waals surface area contributed by atoms with E-state index in [0.29, 0.717) is 30.2 Å². The third-order valence-corrected chi connectivity index (χ3v) is 5.17. The molecule has 0 aliphatic carbocycles. The predicted octanol–water partition coefficient (Wildman–Crippen LogP) is 2.19. The molecule has 8 heteroatoms. The maximum Gasteiger partial charge on any atom is 0.237 e. The minimum atomic E-state index is -0.686. The van der Waals surface area contributed by atoms with E-state index in [0.717, 1.165) is 11.3 Å². The lowest BCUT2D eigenvalue weighted by atomic mass is 10.1. The average molecular weight is 405 g/mol. The van der Waals surface area contributed by atoms with Crippen molar-refractivity contribution in [2.45, 2.75) is 32.5 Å². The minimum absolute atomic E-state index is 0.0240. The van der Waals surface area contributed by atoms with Gasteiger partial charge in [0.1, 0.15) is 5.82 Å². The van der Waals surface area contributed by atoms with Crippen LogP contribution in [-0.2, 0) is 22.7 Å². The van der Waals surface area contributed by atoms with Crippen LogP contribution in [0.3, 0.4) is 0 Å². The van der Waals surface area contributed by atoms with Crippen LogP contribution in [-0.4, -0.2) is 40.8 Å². The van der Waals surface area contributed by atoms with E-state index in [-0.39, 0.29) is 24.8 Å². The molecule has 1 aromatic heterocycles. The van der Waals surface area contributed by atoms with Crippen LogP contribution in [0, 0.1) is 12.7 Å². The zero-order valence-corrected chi connectivity index (χ0v) is 16.3. The zero-order chi connectivity index (χ0) is 20.1. The molecule has 2 N–H and O–H groups in total. The molecule has 28 heavy (non-hydrogen) atoms. The van der Waals surface area contributed by atoms with Gasteiger partial charge in [0.15, 0.2) is 0 Å². The maximum absolute atomic E-state index is 14.1. The highest BCUT2D eigenvalue weighted by atomic mass is 35.5. The van der Waals surface area contributed by atoms with Gasteiger partial charge >= 0.3 is 0 Å². The standard InChI is InChI=1S/C20H22ClFN4O2/c1-13-4-3-7-23-17(13)11-25-19(27)10-18-20(28)24-8-9-26(18)12-14-15(21)5-2-6-16(14)22/h2-7,18H,8-12H2,1H3,(H,24,28)(H,25,27). The molecule has 1 fully saturated rings. The summed E-state index contributed by atoms with van der Waals surface area (Å²) in [4.78, 5) is 30.8. The summed E-state index contributed by atoms with van der Waals surface area (Å²) < 4.78 is 14.1. The summed E-state index contributed by atoms with van der Waals surface area (Å²) >= 11 is 6.12. The first-order valence-electron chi connectivity index (χ1n) is 9.07. The first kappa shape index (κ1) is 20.2. The second kappa shape index (κ2) is 9.12. The fourth-order valence-electron chi connectivity index (χ4n) is 3.19. The summed E-state index contributed by atoms with van der Waals surface area (Å²) in [5.41, 5.74) is 2.08. The molecule has 1 aliphatic rings. The Kier molecular flexibility index (Phi) is 6.59. The van der Waals surface area contributed by atoms with Crippen molar-refractivity contribution in [2.75, 3.05) is 13.1 Å². The minimum Gasteiger partial charge on any atom is -0.353 e. The Morgan fingerprint density at radius 3 is 2.96 bits per heavy atom. The van der Waals surface area contributed by atoms with Gasteiger partial charge in [-0.3, -0.25) is 19.5 Å². The van der Waals surface area contributed by atoms with Gasteiger partial charge < -0.3 is 10.6 Å². The number of piperazine rings is 1. The lowest BCUT2D eigenvalue weighted by Crippen LogP contribution is -2.56. The summed E-state index contributed by atoms with van der Waals surface area (Å²) in [5, 5.41) is 5.88. The lowest BCUT2D eigenvalue weighted by Gasteiger charge is -2.35. The molecule has 1 aliphatic heterocycles. The molecule has 2 amide bonds. The van der Waals surface area contributed by atoms with Gasteiger partial charge in [0.25, 0.3) is 0 Å². The van der Waals surface area contributed by atoms with Crippen LogP contribution in [0.2, 0.25) is 5.02 Å². The predicted molar refractivity (Wildman–Crippen MR) is 104 cm³/mol. The molecule has 3 rings (SSSR count). The van der Waals surface area contributed by atoms with Crippen LogP contribution in [0.5, 0.6) is 0 Å². The van der Waals surface area contributed by atoms with Crippen molar-refractivity contribution in [2.24, 2.45) is 0 Å². The van der Waals surface area contributed by atoms with Gasteiger partial charge in [-0.1, -0.05) is 23.7 Å². The van der Waals surface area contributed by atoms with Crippen molar-refractivity contribution >= 4 is 23.4 Å². The highest BCUT2D eigenvalue weighted by Gasteiger charge is 2.32. The van der Waals surface area contributed by atoms with Crippen molar-refractivity contribution in [3.63, 3.8) is 0 Å². The number of nitrogens with zero attached hydrogens (tertiary/aromatic N) is 2. The van der Waals surface area contributed by atoms with Crippen LogP contribution < -0.4 is 10.6 Å². The molecule has 0 bridgehead atoms. The topological polar surface area (TPSA) is 74.3 Å². The number of halogens is 2. The summed E-state index contributed by atoms with van der Waals surface area (Å²) in [6.45, 7) is 3.32. The van der Waals surface area contributed by atoms with E-state index < -0.39 is 11.9 Å². The summed E-state index contributed by atoms with van der Waals surface area (Å²) in [6.07, 6.45) is 1.65. The van der Waals surface area contributed by atoms with Gasteiger partial charge in [0, 0.05) is 36.4 Å². The quantitative estimate of drug-likeness (QED) is 0.774. The van der Waals surface area contributed by atoms with E-state index in [9.17, 15) is 14.0 Å². The van der Waals surface area contributed by atoms with Gasteiger partial charge in [-0.25, -0.2) is 4.39 Å². The highest BCUT2D eigenvalue weighted by Crippen LogP contribution is 2.23. The average Bonchev–Trinajstić information content (AvgIpc) is 2.66. The largest absolute Gasteiger partial charge is 0.353 e. The molecule has 6 nitrogen and oxygen atoms in total. The fraction of sp³-hybridized carbons (Fsp3) is 0.350. The summed E-state index contributed by atoms with van der Waals surface area (Å²) in [7, 11) is 0. The van der Waals surface area contributed by atoms with Crippen LogP contribution in [0.15, 0.2) is 36.5 Å². The monoisotopic (exact) mass is 404 g/mol. The zero-order valence-electron chi connectivity index (χ0n) is 15.5. The number of pyridine rings is 1. The molecule has 2 aromatic rings. The Hall–Kier alpha value is -2.51. The third-order valence-electron chi connectivity index (χ3n) is 4.81. The number of hydrogen-bond donors (Lipinski definition) is 2. The Bertz CT molecular complexity index is 857.